The van der Waals surface area contributed by atoms with E-state index in [9.17, 15) is 30.3 Å². The van der Waals surface area contributed by atoms with E-state index >= 15 is 0 Å². The van der Waals surface area contributed by atoms with Gasteiger partial charge in [0.2, 0.25) is 0 Å². The molecule has 0 aliphatic rings. The van der Waals surface area contributed by atoms with Crippen LogP contribution in [0, 0.1) is 30.3 Å². The number of nitro benzene ring substituents is 3. The molecule has 0 aliphatic carbocycles. The molecule has 12 heteroatoms. The first-order valence-corrected chi connectivity index (χ1v) is 3.79. The first kappa shape index (κ1) is 15.9. The summed E-state index contributed by atoms with van der Waals surface area (Å²) in [5, 5.41) is 49.5. The molecule has 0 saturated heterocycles. The Hall–Kier alpha value is -2.06. The zero-order valence-corrected chi connectivity index (χ0v) is 14.0. The molecular weight excluding hydrogens is 449 g/mol. The van der Waals surface area contributed by atoms with Crippen LogP contribution >= 0.6 is 0 Å². The molecule has 0 saturated carbocycles. The Morgan fingerprint density at radius 3 is 1.39 bits per heavy atom. The number of phenolic OH excluding ortho intramolecular Hbond substituents is 2. The number of aromatic hydroxyl groups is 2. The van der Waals surface area contributed by atoms with E-state index < -0.39 is 43.3 Å². The number of hydrogen-bond acceptors (Lipinski definition) is 8. The molecule has 0 bridgehead atoms. The molecule has 96 valence electrons. The molecule has 0 heterocycles. The van der Waals surface area contributed by atoms with Crippen LogP contribution in [0.1, 0.15) is 0 Å². The third-order valence-electron chi connectivity index (χ3n) is 1.78. The summed E-state index contributed by atoms with van der Waals surface area (Å²) in [5.74, 6) is -2.88. The molecule has 0 aliphatic heterocycles. The molecule has 0 aromatic heterocycles. The van der Waals surface area contributed by atoms with E-state index in [4.69, 9.17) is 10.2 Å². The van der Waals surface area contributed by atoms with Crippen molar-refractivity contribution >= 4 is 44.4 Å². The van der Waals surface area contributed by atoms with E-state index in [1.54, 1.807) is 0 Å². The quantitative estimate of drug-likeness (QED) is 0.362. The Morgan fingerprint density at radius 2 is 1.17 bits per heavy atom. The van der Waals surface area contributed by atoms with Crippen molar-refractivity contribution < 1.29 is 25.0 Å². The van der Waals surface area contributed by atoms with Crippen LogP contribution in [0.3, 0.4) is 0 Å². The Balaban J connectivity index is 0.00000289. The number of hydrogen-bond donors (Lipinski definition) is 2. The van der Waals surface area contributed by atoms with Gasteiger partial charge in [-0.25, -0.2) is 0 Å². The van der Waals surface area contributed by atoms with Crippen molar-refractivity contribution in [3.05, 3.63) is 36.4 Å². The summed E-state index contributed by atoms with van der Waals surface area (Å²) in [6.07, 6.45) is 0. The number of nitrogens with zero attached hydrogens (tertiary/aromatic N) is 3. The molecule has 1 aromatic rings. The second-order valence-electron chi connectivity index (χ2n) is 2.73. The number of benzene rings is 1. The molecule has 0 amide bonds. The van der Waals surface area contributed by atoms with E-state index in [0.717, 1.165) is 0 Å². The third-order valence-corrected chi connectivity index (χ3v) is 1.78. The molecule has 11 nitrogen and oxygen atoms in total. The molecule has 2 radical (unpaired) electrons. The summed E-state index contributed by atoms with van der Waals surface area (Å²) in [4.78, 5) is 27.4. The van der Waals surface area contributed by atoms with Gasteiger partial charge in [-0.05, 0) is 0 Å². The molecule has 1 rings (SSSR count). The van der Waals surface area contributed by atoms with Crippen LogP contribution in [0.2, 0.25) is 0 Å². The monoisotopic (exact) mass is 455 g/mol. The third kappa shape index (κ3) is 2.60. The molecular formula is C6H5N3O8Pb. The first-order valence-electron chi connectivity index (χ1n) is 3.79. The van der Waals surface area contributed by atoms with Gasteiger partial charge in [0.15, 0.2) is 0 Å². The summed E-state index contributed by atoms with van der Waals surface area (Å²) < 4.78 is 0. The van der Waals surface area contributed by atoms with Gasteiger partial charge in [-0.15, -0.1) is 0 Å². The zero-order chi connectivity index (χ0) is 13.3. The fourth-order valence-electron chi connectivity index (χ4n) is 1.07. The Morgan fingerprint density at radius 1 is 0.833 bits per heavy atom. The van der Waals surface area contributed by atoms with E-state index in [2.05, 4.69) is 0 Å². The van der Waals surface area contributed by atoms with Crippen molar-refractivity contribution in [2.24, 2.45) is 0 Å². The average molecular weight is 454 g/mol. The SMILES string of the molecule is O=[N+]([O-])c1cc([N+](=O)[O-])c(O)c([N+](=O)[O-])c1O.[PbH2]. The van der Waals surface area contributed by atoms with Gasteiger partial charge >= 0.3 is 44.4 Å². The van der Waals surface area contributed by atoms with Gasteiger partial charge in [0.1, 0.15) is 6.07 Å². The molecule has 0 spiro atoms. The van der Waals surface area contributed by atoms with E-state index in [1.165, 1.54) is 0 Å². The van der Waals surface area contributed by atoms with Gasteiger partial charge < -0.3 is 10.2 Å². The maximum absolute atomic E-state index is 10.4. The summed E-state index contributed by atoms with van der Waals surface area (Å²) in [6.45, 7) is 0. The average Bonchev–Trinajstić information content (AvgIpc) is 2.15. The zero-order valence-electron chi connectivity index (χ0n) is 8.47. The molecule has 2 N–H and O–H groups in total. The summed E-state index contributed by atoms with van der Waals surface area (Å²) in [7, 11) is 0. The van der Waals surface area contributed by atoms with Crippen LogP contribution in [0.15, 0.2) is 6.07 Å². The molecule has 0 fully saturated rings. The molecule has 0 atom stereocenters. The minimum atomic E-state index is -1.48. The van der Waals surface area contributed by atoms with Crippen LogP contribution in [-0.2, 0) is 0 Å². The van der Waals surface area contributed by atoms with Crippen LogP contribution in [0.4, 0.5) is 17.1 Å². The normalized spacial score (nSPS) is 9.33. The van der Waals surface area contributed by atoms with Crippen molar-refractivity contribution in [1.82, 2.24) is 0 Å². The minimum absolute atomic E-state index is 0. The standard InChI is InChI=1S/C6H3N3O8.Pb.2H/c10-5-2(7(12)13)1-3(8(14)15)6(11)4(5)9(16)17;;;/h1,10-11H;;;. The van der Waals surface area contributed by atoms with Gasteiger partial charge in [0.25, 0.3) is 11.5 Å². The Kier molecular flexibility index (Phi) is 4.89. The summed E-state index contributed by atoms with van der Waals surface area (Å²) in [5.41, 5.74) is -3.95. The van der Waals surface area contributed by atoms with Crippen molar-refractivity contribution in [2.45, 2.75) is 0 Å². The Labute approximate surface area is 117 Å². The van der Waals surface area contributed by atoms with Gasteiger partial charge in [0.05, 0.1) is 14.8 Å². The van der Waals surface area contributed by atoms with Gasteiger partial charge in [0, 0.05) is 0 Å². The van der Waals surface area contributed by atoms with Crippen molar-refractivity contribution in [2.75, 3.05) is 0 Å². The van der Waals surface area contributed by atoms with Gasteiger partial charge in [-0.1, -0.05) is 0 Å². The fourth-order valence-corrected chi connectivity index (χ4v) is 1.07. The number of phenols is 2. The first-order chi connectivity index (χ1) is 7.77. The van der Waals surface area contributed by atoms with Crippen LogP contribution in [0.25, 0.3) is 0 Å². The topological polar surface area (TPSA) is 170 Å². The summed E-state index contributed by atoms with van der Waals surface area (Å²) >= 11 is 0. The van der Waals surface area contributed by atoms with Crippen LogP contribution in [-0.4, -0.2) is 52.3 Å². The fraction of sp³-hybridized carbons (Fsp3) is 0. The number of rotatable bonds is 3. The van der Waals surface area contributed by atoms with Crippen LogP contribution in [0.5, 0.6) is 11.5 Å². The predicted molar refractivity (Wildman–Crippen MR) is 58.3 cm³/mol. The van der Waals surface area contributed by atoms with E-state index in [1.807, 2.05) is 0 Å². The number of nitro groups is 3. The second-order valence-corrected chi connectivity index (χ2v) is 2.73. The van der Waals surface area contributed by atoms with Crippen molar-refractivity contribution in [3.8, 4) is 11.5 Å². The van der Waals surface area contributed by atoms with Crippen molar-refractivity contribution in [3.63, 3.8) is 0 Å². The van der Waals surface area contributed by atoms with Gasteiger partial charge in [-0.2, -0.15) is 0 Å². The predicted octanol–water partition coefficient (Wildman–Crippen LogP) is -0.0938. The summed E-state index contributed by atoms with van der Waals surface area (Å²) in [6, 6.07) is 0.234. The van der Waals surface area contributed by atoms with Gasteiger partial charge in [-0.3, -0.25) is 30.3 Å². The van der Waals surface area contributed by atoms with E-state index in [0.29, 0.717) is 0 Å². The van der Waals surface area contributed by atoms with Crippen LogP contribution < -0.4 is 0 Å². The van der Waals surface area contributed by atoms with Crippen molar-refractivity contribution in [1.29, 1.82) is 0 Å². The maximum atomic E-state index is 10.4. The Bertz CT molecular complexity index is 506. The molecule has 1 aromatic carbocycles. The van der Waals surface area contributed by atoms with E-state index in [-0.39, 0.29) is 33.4 Å². The second kappa shape index (κ2) is 5.52. The molecule has 0 unspecified atom stereocenters. The molecule has 18 heavy (non-hydrogen) atoms.